The van der Waals surface area contributed by atoms with Crippen molar-refractivity contribution in [3.05, 3.63) is 77.1 Å². The van der Waals surface area contributed by atoms with Gasteiger partial charge in [-0.1, -0.05) is 19.1 Å². The van der Waals surface area contributed by atoms with Crippen molar-refractivity contribution in [1.29, 1.82) is 0 Å². The molecule has 1 aliphatic heterocycles. The quantitative estimate of drug-likeness (QED) is 0.291. The van der Waals surface area contributed by atoms with E-state index in [0.29, 0.717) is 25.5 Å². The summed E-state index contributed by atoms with van der Waals surface area (Å²) < 4.78 is 19.1. The molecule has 1 aromatic heterocycles. The minimum atomic E-state index is -0.332. The van der Waals surface area contributed by atoms with Crippen molar-refractivity contribution in [3.8, 4) is 17.2 Å². The molecule has 7 nitrogen and oxygen atoms in total. The number of carbonyl (C=O) groups excluding carboxylic acids is 1. The molecule has 190 valence electrons. The molecule has 37 heavy (non-hydrogen) atoms. The number of hydrogen-bond acceptors (Lipinski definition) is 6. The zero-order chi connectivity index (χ0) is 25.5. The zero-order valence-electron chi connectivity index (χ0n) is 21.4. The molecule has 0 unspecified atom stereocenters. The number of rotatable bonds is 8. The summed E-state index contributed by atoms with van der Waals surface area (Å²) in [5.74, 6) is 3.01. The molecule has 1 aliphatic carbocycles. The second-order valence-corrected chi connectivity index (χ2v) is 9.74. The monoisotopic (exact) mass is 497 g/mol. The molecule has 1 atom stereocenters. The number of anilines is 1. The summed E-state index contributed by atoms with van der Waals surface area (Å²) in [6.45, 7) is 5.00. The van der Waals surface area contributed by atoms with Crippen LogP contribution in [0.25, 0.3) is 16.7 Å². The lowest BCUT2D eigenvalue weighted by atomic mass is 10.1. The van der Waals surface area contributed by atoms with Gasteiger partial charge in [0, 0.05) is 42.3 Å². The van der Waals surface area contributed by atoms with Crippen molar-refractivity contribution in [2.75, 3.05) is 19.0 Å². The Morgan fingerprint density at radius 2 is 2.03 bits per heavy atom. The maximum atomic E-state index is 11.7. The molecular weight excluding hydrogens is 466 g/mol. The number of ether oxygens (including phenoxy) is 3. The van der Waals surface area contributed by atoms with Crippen molar-refractivity contribution in [1.82, 2.24) is 9.55 Å². The molecular formula is C30H31N3O4. The predicted molar refractivity (Wildman–Crippen MR) is 143 cm³/mol. The summed E-state index contributed by atoms with van der Waals surface area (Å²) in [4.78, 5) is 16.7. The third kappa shape index (κ3) is 4.39. The van der Waals surface area contributed by atoms with Crippen LogP contribution >= 0.6 is 0 Å². The number of benzene rings is 3. The summed E-state index contributed by atoms with van der Waals surface area (Å²) in [5, 5.41) is 3.54. The van der Waals surface area contributed by atoms with E-state index in [2.05, 4.69) is 41.1 Å². The summed E-state index contributed by atoms with van der Waals surface area (Å²) >= 11 is 0. The minimum absolute atomic E-state index is 0.214. The second-order valence-electron chi connectivity index (χ2n) is 9.74. The van der Waals surface area contributed by atoms with Crippen molar-refractivity contribution in [3.63, 3.8) is 0 Å². The first kappa shape index (κ1) is 23.4. The van der Waals surface area contributed by atoms with E-state index in [1.54, 1.807) is 14.0 Å². The van der Waals surface area contributed by atoms with Crippen LogP contribution in [0, 0.1) is 6.92 Å². The average molecular weight is 498 g/mol. The number of fused-ring (bicyclic) bond motifs is 2. The molecule has 0 amide bonds. The molecule has 7 heteroatoms. The highest BCUT2D eigenvalue weighted by Gasteiger charge is 2.31. The van der Waals surface area contributed by atoms with Gasteiger partial charge >= 0.3 is 5.97 Å². The van der Waals surface area contributed by atoms with Gasteiger partial charge in [-0.3, -0.25) is 9.36 Å². The summed E-state index contributed by atoms with van der Waals surface area (Å²) in [5.41, 5.74) is 7.54. The van der Waals surface area contributed by atoms with Crippen LogP contribution in [0.1, 0.15) is 60.7 Å². The second kappa shape index (κ2) is 9.47. The SMILES string of the molecule is CCC(=O)O[C@@H]1COc2cc(NCc3cccc(-n4c(C5CC5)nc5cc(OC)ccc54)c3C)ccc21. The van der Waals surface area contributed by atoms with Crippen molar-refractivity contribution in [2.45, 2.75) is 51.7 Å². The maximum absolute atomic E-state index is 11.7. The van der Waals surface area contributed by atoms with Gasteiger partial charge in [0.2, 0.25) is 0 Å². The van der Waals surface area contributed by atoms with E-state index in [4.69, 9.17) is 19.2 Å². The lowest BCUT2D eigenvalue weighted by Gasteiger charge is -2.16. The molecule has 4 aromatic rings. The predicted octanol–water partition coefficient (Wildman–Crippen LogP) is 6.22. The van der Waals surface area contributed by atoms with E-state index in [0.717, 1.165) is 45.3 Å². The maximum Gasteiger partial charge on any atom is 0.306 e. The molecule has 2 aliphatic rings. The molecule has 1 fully saturated rings. The first-order valence-corrected chi connectivity index (χ1v) is 12.9. The lowest BCUT2D eigenvalue weighted by Crippen LogP contribution is -2.11. The van der Waals surface area contributed by atoms with Gasteiger partial charge < -0.3 is 19.5 Å². The molecule has 2 heterocycles. The Hall–Kier alpha value is -4.00. The van der Waals surface area contributed by atoms with Crippen molar-refractivity contribution < 1.29 is 19.0 Å². The van der Waals surface area contributed by atoms with Gasteiger partial charge in [0.1, 0.15) is 23.9 Å². The zero-order valence-corrected chi connectivity index (χ0v) is 21.4. The van der Waals surface area contributed by atoms with Gasteiger partial charge in [0.05, 0.1) is 23.8 Å². The average Bonchev–Trinajstić information content (AvgIpc) is 3.60. The molecule has 3 aromatic carbocycles. The Kier molecular flexibility index (Phi) is 5.99. The number of methoxy groups -OCH3 is 1. The van der Waals surface area contributed by atoms with Gasteiger partial charge in [-0.2, -0.15) is 0 Å². The first-order valence-electron chi connectivity index (χ1n) is 12.9. The van der Waals surface area contributed by atoms with Crippen LogP contribution in [0.5, 0.6) is 11.5 Å². The summed E-state index contributed by atoms with van der Waals surface area (Å²) in [6.07, 6.45) is 2.38. The standard InChI is InChI=1S/C30H31N3O4/c1-4-29(34)37-28-17-36-27-14-21(10-12-23(27)28)31-16-20-6-5-7-25(18(20)2)33-26-13-11-22(35-3)15-24(26)32-30(33)19-8-9-19/h5-7,10-15,19,28,31H,4,8-9,16-17H2,1-3H3/t28-/m1/s1. The first-order chi connectivity index (χ1) is 18.1. The number of aromatic nitrogens is 2. The van der Waals surface area contributed by atoms with Gasteiger partial charge in [-0.25, -0.2) is 4.98 Å². The Morgan fingerprint density at radius 1 is 1.16 bits per heavy atom. The Labute approximate surface area is 216 Å². The molecule has 0 bridgehead atoms. The number of carbonyl (C=O) groups is 1. The van der Waals surface area contributed by atoms with E-state index >= 15 is 0 Å². The molecule has 0 spiro atoms. The van der Waals surface area contributed by atoms with Crippen LogP contribution in [0.4, 0.5) is 5.69 Å². The highest BCUT2D eigenvalue weighted by Crippen LogP contribution is 2.43. The van der Waals surface area contributed by atoms with Gasteiger partial charge in [0.15, 0.2) is 6.10 Å². The Bertz CT molecular complexity index is 1490. The number of nitrogens with one attached hydrogen (secondary N) is 1. The third-order valence-corrected chi connectivity index (χ3v) is 7.28. The smallest absolute Gasteiger partial charge is 0.306 e. The van der Waals surface area contributed by atoms with E-state index in [1.165, 1.54) is 24.0 Å². The topological polar surface area (TPSA) is 74.6 Å². The molecule has 0 saturated heterocycles. The number of imidazole rings is 1. The number of nitrogens with zero attached hydrogens (tertiary/aromatic N) is 2. The van der Waals surface area contributed by atoms with Crippen LogP contribution in [0.2, 0.25) is 0 Å². The van der Waals surface area contributed by atoms with Gasteiger partial charge in [-0.15, -0.1) is 0 Å². The molecule has 1 saturated carbocycles. The number of hydrogen-bond donors (Lipinski definition) is 1. The van der Waals surface area contributed by atoms with E-state index in [1.807, 2.05) is 30.3 Å². The van der Waals surface area contributed by atoms with Crippen LogP contribution in [-0.2, 0) is 16.1 Å². The highest BCUT2D eigenvalue weighted by atomic mass is 16.6. The minimum Gasteiger partial charge on any atom is -0.497 e. The van der Waals surface area contributed by atoms with E-state index in [-0.39, 0.29) is 12.1 Å². The Balaban J connectivity index is 1.26. The van der Waals surface area contributed by atoms with Crippen LogP contribution in [-0.4, -0.2) is 29.2 Å². The van der Waals surface area contributed by atoms with Crippen LogP contribution < -0.4 is 14.8 Å². The number of esters is 1. The fourth-order valence-corrected chi connectivity index (χ4v) is 5.01. The van der Waals surface area contributed by atoms with Crippen molar-refractivity contribution >= 4 is 22.7 Å². The molecule has 0 radical (unpaired) electrons. The Morgan fingerprint density at radius 3 is 2.81 bits per heavy atom. The lowest BCUT2D eigenvalue weighted by molar-refractivity contribution is -0.149. The summed E-state index contributed by atoms with van der Waals surface area (Å²) in [6, 6.07) is 18.6. The third-order valence-electron chi connectivity index (χ3n) is 7.28. The normalized spacial score (nSPS) is 16.4. The fourth-order valence-electron chi connectivity index (χ4n) is 5.01. The van der Waals surface area contributed by atoms with Gasteiger partial charge in [-0.05, 0) is 61.2 Å². The fraction of sp³-hybridized carbons (Fsp3) is 0.333. The largest absolute Gasteiger partial charge is 0.497 e. The van der Waals surface area contributed by atoms with Gasteiger partial charge in [0.25, 0.3) is 0 Å². The summed E-state index contributed by atoms with van der Waals surface area (Å²) in [7, 11) is 1.69. The van der Waals surface area contributed by atoms with Crippen LogP contribution in [0.15, 0.2) is 54.6 Å². The van der Waals surface area contributed by atoms with E-state index < -0.39 is 0 Å². The van der Waals surface area contributed by atoms with Crippen LogP contribution in [0.3, 0.4) is 0 Å². The molecule has 6 rings (SSSR count). The molecule has 1 N–H and O–H groups in total. The van der Waals surface area contributed by atoms with E-state index in [9.17, 15) is 4.79 Å². The highest BCUT2D eigenvalue weighted by molar-refractivity contribution is 5.80. The van der Waals surface area contributed by atoms with Crippen molar-refractivity contribution in [2.24, 2.45) is 0 Å².